The highest BCUT2D eigenvalue weighted by atomic mass is 32.1. The van der Waals surface area contributed by atoms with Crippen LogP contribution in [-0.2, 0) is 22.5 Å². The predicted octanol–water partition coefficient (Wildman–Crippen LogP) is 4.19. The number of carbonyl (C=O) groups is 1. The van der Waals surface area contributed by atoms with Gasteiger partial charge in [-0.1, -0.05) is 18.2 Å². The lowest BCUT2D eigenvalue weighted by molar-refractivity contribution is -0.115. The maximum Gasteiger partial charge on any atom is 0.230 e. The number of hydrogen-bond acceptors (Lipinski definition) is 6. The summed E-state index contributed by atoms with van der Waals surface area (Å²) in [4.78, 5) is 19.5. The zero-order valence-corrected chi connectivity index (χ0v) is 17.4. The van der Waals surface area contributed by atoms with E-state index in [1.807, 2.05) is 35.7 Å². The SMILES string of the molecule is C[C@@H]1CN(Cc2ccccc2NC(=O)Cc2csc(-c3ccco3)n2)C[C@@H](C)O1. The Bertz CT molecular complexity index is 944. The Morgan fingerprint density at radius 1 is 1.21 bits per heavy atom. The monoisotopic (exact) mass is 411 g/mol. The molecule has 29 heavy (non-hydrogen) atoms. The van der Waals surface area contributed by atoms with Crippen LogP contribution in [0.3, 0.4) is 0 Å². The molecule has 7 heteroatoms. The van der Waals surface area contributed by atoms with Crippen molar-refractivity contribution in [3.63, 3.8) is 0 Å². The Balaban J connectivity index is 1.40. The third kappa shape index (κ3) is 5.12. The molecule has 0 saturated carbocycles. The van der Waals surface area contributed by atoms with E-state index in [-0.39, 0.29) is 24.5 Å². The van der Waals surface area contributed by atoms with Gasteiger partial charge in [-0.3, -0.25) is 9.69 Å². The summed E-state index contributed by atoms with van der Waals surface area (Å²) < 4.78 is 11.2. The molecular formula is C22H25N3O3S. The van der Waals surface area contributed by atoms with E-state index in [1.54, 1.807) is 6.26 Å². The molecule has 1 fully saturated rings. The molecule has 3 heterocycles. The van der Waals surface area contributed by atoms with E-state index < -0.39 is 0 Å². The first-order chi connectivity index (χ1) is 14.1. The standard InChI is InChI=1S/C22H25N3O3S/c1-15-11-25(12-16(2)28-15)13-17-6-3-4-7-19(17)24-21(26)10-18-14-29-22(23-18)20-8-5-9-27-20/h3-9,14-16H,10-13H2,1-2H3,(H,24,26)/t15-,16-/m1/s1. The molecule has 0 aliphatic carbocycles. The lowest BCUT2D eigenvalue weighted by Crippen LogP contribution is -2.44. The van der Waals surface area contributed by atoms with Crippen molar-refractivity contribution < 1.29 is 13.9 Å². The third-order valence-electron chi connectivity index (χ3n) is 4.81. The number of furan rings is 1. The van der Waals surface area contributed by atoms with E-state index in [1.165, 1.54) is 11.3 Å². The van der Waals surface area contributed by atoms with Gasteiger partial charge in [-0.2, -0.15) is 0 Å². The van der Waals surface area contributed by atoms with Crippen LogP contribution in [-0.4, -0.2) is 41.1 Å². The van der Waals surface area contributed by atoms with Crippen molar-refractivity contribution in [2.24, 2.45) is 0 Å². The fourth-order valence-corrected chi connectivity index (χ4v) is 4.48. The minimum atomic E-state index is -0.0718. The number of nitrogens with one attached hydrogen (secondary N) is 1. The first-order valence-corrected chi connectivity index (χ1v) is 10.7. The molecule has 0 spiro atoms. The van der Waals surface area contributed by atoms with Crippen molar-refractivity contribution in [1.82, 2.24) is 9.88 Å². The van der Waals surface area contributed by atoms with Crippen LogP contribution in [0.4, 0.5) is 5.69 Å². The summed E-state index contributed by atoms with van der Waals surface area (Å²) in [5.41, 5.74) is 2.70. The van der Waals surface area contributed by atoms with E-state index in [0.717, 1.165) is 47.3 Å². The summed E-state index contributed by atoms with van der Waals surface area (Å²) in [7, 11) is 0. The number of rotatable bonds is 6. The molecule has 1 aliphatic heterocycles. The fraction of sp³-hybridized carbons (Fsp3) is 0.364. The Hall–Kier alpha value is -2.48. The van der Waals surface area contributed by atoms with Gasteiger partial charge in [0.2, 0.25) is 5.91 Å². The van der Waals surface area contributed by atoms with Crippen molar-refractivity contribution >= 4 is 22.9 Å². The van der Waals surface area contributed by atoms with E-state index in [4.69, 9.17) is 9.15 Å². The first-order valence-electron chi connectivity index (χ1n) is 9.80. The molecule has 6 nitrogen and oxygen atoms in total. The Morgan fingerprint density at radius 3 is 2.76 bits per heavy atom. The largest absolute Gasteiger partial charge is 0.462 e. The third-order valence-corrected chi connectivity index (χ3v) is 5.71. The molecular weight excluding hydrogens is 386 g/mol. The van der Waals surface area contributed by atoms with Crippen LogP contribution in [0.2, 0.25) is 0 Å². The summed E-state index contributed by atoms with van der Waals surface area (Å²) in [6.07, 6.45) is 2.29. The molecule has 1 aliphatic rings. The summed E-state index contributed by atoms with van der Waals surface area (Å²) in [6, 6.07) is 11.7. The first kappa shape index (κ1) is 19.8. The lowest BCUT2D eigenvalue weighted by Gasteiger charge is -2.35. The molecule has 4 rings (SSSR count). The van der Waals surface area contributed by atoms with Crippen LogP contribution in [0, 0.1) is 0 Å². The van der Waals surface area contributed by atoms with Crippen molar-refractivity contribution in [3.8, 4) is 10.8 Å². The van der Waals surface area contributed by atoms with Crippen LogP contribution in [0.1, 0.15) is 25.1 Å². The molecule has 0 bridgehead atoms. The fourth-order valence-electron chi connectivity index (χ4n) is 3.70. The summed E-state index contributed by atoms with van der Waals surface area (Å²) >= 11 is 1.48. The Labute approximate surface area is 174 Å². The minimum Gasteiger partial charge on any atom is -0.462 e. The number of carbonyl (C=O) groups excluding carboxylic acids is 1. The second-order valence-electron chi connectivity index (χ2n) is 7.45. The molecule has 0 radical (unpaired) electrons. The molecule has 3 aromatic rings. The van der Waals surface area contributed by atoms with Gasteiger partial charge < -0.3 is 14.5 Å². The molecule has 0 unspecified atom stereocenters. The normalized spacial score (nSPS) is 19.9. The number of thiazole rings is 1. The number of nitrogens with zero attached hydrogens (tertiary/aromatic N) is 2. The predicted molar refractivity (Wildman–Crippen MR) is 114 cm³/mol. The molecule has 152 valence electrons. The second-order valence-corrected chi connectivity index (χ2v) is 8.31. The molecule has 1 saturated heterocycles. The number of anilines is 1. The highest BCUT2D eigenvalue weighted by Gasteiger charge is 2.23. The van der Waals surface area contributed by atoms with Gasteiger partial charge in [0, 0.05) is 30.7 Å². The number of morpholine rings is 1. The van der Waals surface area contributed by atoms with Crippen molar-refractivity contribution in [2.45, 2.75) is 39.0 Å². The molecule has 1 N–H and O–H groups in total. The summed E-state index contributed by atoms with van der Waals surface area (Å²) in [5.74, 6) is 0.651. The summed E-state index contributed by atoms with van der Waals surface area (Å²) in [6.45, 7) is 6.76. The van der Waals surface area contributed by atoms with Crippen molar-refractivity contribution in [2.75, 3.05) is 18.4 Å². The average Bonchev–Trinajstić information content (AvgIpc) is 3.34. The van der Waals surface area contributed by atoms with E-state index in [0.29, 0.717) is 0 Å². The molecule has 1 aromatic carbocycles. The molecule has 2 aromatic heterocycles. The van der Waals surface area contributed by atoms with Gasteiger partial charge in [0.05, 0.1) is 30.6 Å². The zero-order valence-electron chi connectivity index (χ0n) is 16.6. The number of benzene rings is 1. The molecule has 1 amide bonds. The van der Waals surface area contributed by atoms with Gasteiger partial charge in [-0.05, 0) is 37.6 Å². The van der Waals surface area contributed by atoms with E-state index in [2.05, 4.69) is 35.1 Å². The van der Waals surface area contributed by atoms with Gasteiger partial charge >= 0.3 is 0 Å². The van der Waals surface area contributed by atoms with Crippen LogP contribution in [0.25, 0.3) is 10.8 Å². The number of hydrogen-bond donors (Lipinski definition) is 1. The van der Waals surface area contributed by atoms with Crippen LogP contribution >= 0.6 is 11.3 Å². The van der Waals surface area contributed by atoms with Gasteiger partial charge in [0.1, 0.15) is 0 Å². The minimum absolute atomic E-state index is 0.0718. The van der Waals surface area contributed by atoms with E-state index in [9.17, 15) is 4.79 Å². The Kier molecular flexibility index (Phi) is 6.08. The Morgan fingerprint density at radius 2 is 2.00 bits per heavy atom. The van der Waals surface area contributed by atoms with Crippen LogP contribution in [0.5, 0.6) is 0 Å². The second kappa shape index (κ2) is 8.90. The summed E-state index contributed by atoms with van der Waals surface area (Å²) in [5, 5.41) is 5.75. The molecule has 2 atom stereocenters. The topological polar surface area (TPSA) is 67.6 Å². The van der Waals surface area contributed by atoms with Crippen LogP contribution < -0.4 is 5.32 Å². The van der Waals surface area contributed by atoms with Crippen molar-refractivity contribution in [3.05, 3.63) is 59.3 Å². The highest BCUT2D eigenvalue weighted by molar-refractivity contribution is 7.13. The average molecular weight is 412 g/mol. The van der Waals surface area contributed by atoms with Crippen molar-refractivity contribution in [1.29, 1.82) is 0 Å². The van der Waals surface area contributed by atoms with Gasteiger partial charge in [-0.15, -0.1) is 11.3 Å². The number of ether oxygens (including phenoxy) is 1. The maximum absolute atomic E-state index is 12.6. The number of amides is 1. The number of aromatic nitrogens is 1. The number of para-hydroxylation sites is 1. The van der Waals surface area contributed by atoms with Gasteiger partial charge in [0.15, 0.2) is 10.8 Å². The van der Waals surface area contributed by atoms with Gasteiger partial charge in [-0.25, -0.2) is 4.98 Å². The van der Waals surface area contributed by atoms with Gasteiger partial charge in [0.25, 0.3) is 0 Å². The maximum atomic E-state index is 12.6. The van der Waals surface area contributed by atoms with Crippen LogP contribution in [0.15, 0.2) is 52.5 Å². The highest BCUT2D eigenvalue weighted by Crippen LogP contribution is 2.25. The smallest absolute Gasteiger partial charge is 0.230 e. The van der Waals surface area contributed by atoms with E-state index >= 15 is 0 Å². The lowest BCUT2D eigenvalue weighted by atomic mass is 10.1. The quantitative estimate of drug-likeness (QED) is 0.659. The zero-order chi connectivity index (χ0) is 20.2.